The van der Waals surface area contributed by atoms with Crippen molar-refractivity contribution in [3.05, 3.63) is 53.6 Å². The van der Waals surface area contributed by atoms with Gasteiger partial charge in [0.25, 0.3) is 0 Å². The van der Waals surface area contributed by atoms with Crippen LogP contribution >= 0.6 is 0 Å². The molecule has 0 atom stereocenters. The van der Waals surface area contributed by atoms with Crippen LogP contribution in [0.1, 0.15) is 24.0 Å². The summed E-state index contributed by atoms with van der Waals surface area (Å²) in [7, 11) is 0.524. The van der Waals surface area contributed by atoms with Crippen LogP contribution in [0.4, 0.5) is 0 Å². The van der Waals surface area contributed by atoms with Gasteiger partial charge in [0, 0.05) is 10.9 Å². The second-order valence-electron chi connectivity index (χ2n) is 5.41. The minimum absolute atomic E-state index is 0.524. The van der Waals surface area contributed by atoms with E-state index < -0.39 is 0 Å². The lowest BCUT2D eigenvalue weighted by molar-refractivity contribution is 0.949. The summed E-state index contributed by atoms with van der Waals surface area (Å²) < 4.78 is 0. The van der Waals surface area contributed by atoms with Gasteiger partial charge in [-0.2, -0.15) is 0 Å². The lowest BCUT2D eigenvalue weighted by Gasteiger charge is -2.12. The molecule has 0 saturated carbocycles. The number of rotatable bonds is 2. The van der Waals surface area contributed by atoms with Gasteiger partial charge in [-0.1, -0.05) is 30.3 Å². The van der Waals surface area contributed by atoms with Gasteiger partial charge in [-0.15, -0.1) is 0 Å². The molecule has 98 valence electrons. The van der Waals surface area contributed by atoms with E-state index in [1.807, 2.05) is 0 Å². The molecule has 1 heteroatoms. The molecule has 2 aromatic rings. The predicted molar refractivity (Wildman–Crippen MR) is 86.0 cm³/mol. The second kappa shape index (κ2) is 5.42. The van der Waals surface area contributed by atoms with Crippen molar-refractivity contribution in [3.63, 3.8) is 0 Å². The number of hydrogen-bond donors (Lipinski definition) is 0. The van der Waals surface area contributed by atoms with Crippen LogP contribution in [0.3, 0.4) is 0 Å². The van der Waals surface area contributed by atoms with Gasteiger partial charge in [0.1, 0.15) is 11.5 Å². The van der Waals surface area contributed by atoms with Crippen molar-refractivity contribution < 1.29 is 0 Å². The fourth-order valence-electron chi connectivity index (χ4n) is 3.04. The molecule has 0 bridgehead atoms. The summed E-state index contributed by atoms with van der Waals surface area (Å²) >= 11 is 0. The third-order valence-corrected chi connectivity index (χ3v) is 6.40. The van der Waals surface area contributed by atoms with E-state index in [-0.39, 0.29) is 0 Å². The minimum atomic E-state index is 0.524. The second-order valence-corrected chi connectivity index (χ2v) is 7.68. The zero-order valence-electron chi connectivity index (χ0n) is 11.8. The number of aryl methyl sites for hydroxylation is 2. The van der Waals surface area contributed by atoms with Crippen LogP contribution in [0.2, 0.25) is 0 Å². The monoisotopic (exact) mass is 269 g/mol. The molecule has 2 aromatic carbocycles. The molecule has 0 aliphatic carbocycles. The van der Waals surface area contributed by atoms with Gasteiger partial charge in [0.15, 0.2) is 4.90 Å². The topological polar surface area (TPSA) is 0 Å². The smallest absolute Gasteiger partial charge is 0.0622 e. The fraction of sp³-hybridized carbons (Fsp3) is 0.333. The van der Waals surface area contributed by atoms with Crippen LogP contribution in [0.5, 0.6) is 0 Å². The van der Waals surface area contributed by atoms with Gasteiger partial charge in [-0.25, -0.2) is 0 Å². The van der Waals surface area contributed by atoms with E-state index in [0.717, 1.165) is 0 Å². The van der Waals surface area contributed by atoms with E-state index in [1.165, 1.54) is 46.6 Å². The Morgan fingerprint density at radius 2 is 1.42 bits per heavy atom. The Labute approximate surface area is 119 Å². The molecule has 0 spiro atoms. The molecule has 1 heterocycles. The van der Waals surface area contributed by atoms with E-state index >= 15 is 0 Å². The standard InChI is InChI=1S/C18H21S/c1-14-12-17(19-10-6-7-11-19)13-15(2)18(14)16-8-4-3-5-9-16/h3-5,8-9,12-13H,6-7,10-11H2,1-2H3/q+1. The Morgan fingerprint density at radius 3 is 2.00 bits per heavy atom. The molecule has 1 saturated heterocycles. The predicted octanol–water partition coefficient (Wildman–Crippen LogP) is 4.74. The van der Waals surface area contributed by atoms with Gasteiger partial charge in [0.05, 0.1) is 0 Å². The van der Waals surface area contributed by atoms with E-state index in [9.17, 15) is 0 Å². The summed E-state index contributed by atoms with van der Waals surface area (Å²) in [5.74, 6) is 2.81. The van der Waals surface area contributed by atoms with Crippen LogP contribution < -0.4 is 0 Å². The molecule has 1 fully saturated rings. The molecule has 0 amide bonds. The van der Waals surface area contributed by atoms with Gasteiger partial charge < -0.3 is 0 Å². The summed E-state index contributed by atoms with van der Waals surface area (Å²) in [4.78, 5) is 1.59. The van der Waals surface area contributed by atoms with Crippen molar-refractivity contribution >= 4 is 10.9 Å². The van der Waals surface area contributed by atoms with Crippen LogP contribution in [-0.4, -0.2) is 11.5 Å². The Kier molecular flexibility index (Phi) is 3.65. The Morgan fingerprint density at radius 1 is 0.842 bits per heavy atom. The zero-order chi connectivity index (χ0) is 13.2. The highest BCUT2D eigenvalue weighted by atomic mass is 32.2. The molecular formula is C18H21S+. The quantitative estimate of drug-likeness (QED) is 0.691. The highest BCUT2D eigenvalue weighted by Gasteiger charge is 2.27. The first-order valence-electron chi connectivity index (χ1n) is 7.10. The maximum Gasteiger partial charge on any atom is 0.155 e. The zero-order valence-corrected chi connectivity index (χ0v) is 12.6. The average Bonchev–Trinajstić information content (AvgIpc) is 2.93. The SMILES string of the molecule is Cc1cc([S+]2CCCC2)cc(C)c1-c1ccccc1. The highest BCUT2D eigenvalue weighted by molar-refractivity contribution is 7.97. The summed E-state index contributed by atoms with van der Waals surface area (Å²) in [6, 6.07) is 15.6. The molecule has 0 unspecified atom stereocenters. The van der Waals surface area contributed by atoms with Crippen molar-refractivity contribution in [2.45, 2.75) is 31.6 Å². The van der Waals surface area contributed by atoms with Crippen LogP contribution in [0, 0.1) is 13.8 Å². The Hall–Kier alpha value is -1.21. The summed E-state index contributed by atoms with van der Waals surface area (Å²) in [6.07, 6.45) is 2.84. The lowest BCUT2D eigenvalue weighted by Crippen LogP contribution is -2.05. The van der Waals surface area contributed by atoms with Crippen molar-refractivity contribution in [1.29, 1.82) is 0 Å². The Balaban J connectivity index is 2.03. The first-order valence-corrected chi connectivity index (χ1v) is 8.66. The molecule has 0 radical (unpaired) electrons. The average molecular weight is 269 g/mol. The van der Waals surface area contributed by atoms with Crippen LogP contribution in [0.15, 0.2) is 47.4 Å². The van der Waals surface area contributed by atoms with Crippen LogP contribution in [0.25, 0.3) is 11.1 Å². The summed E-state index contributed by atoms with van der Waals surface area (Å²) in [5, 5.41) is 0. The van der Waals surface area contributed by atoms with Crippen molar-refractivity contribution in [3.8, 4) is 11.1 Å². The number of benzene rings is 2. The largest absolute Gasteiger partial charge is 0.155 e. The fourth-order valence-corrected chi connectivity index (χ4v) is 5.51. The third kappa shape index (κ3) is 2.57. The van der Waals surface area contributed by atoms with Gasteiger partial charge in [-0.3, -0.25) is 0 Å². The minimum Gasteiger partial charge on any atom is -0.0622 e. The van der Waals surface area contributed by atoms with E-state index in [1.54, 1.807) is 4.90 Å². The molecule has 0 nitrogen and oxygen atoms in total. The first kappa shape index (κ1) is 12.8. The Bertz CT molecular complexity index is 542. The van der Waals surface area contributed by atoms with Crippen molar-refractivity contribution in [2.24, 2.45) is 0 Å². The van der Waals surface area contributed by atoms with E-state index in [0.29, 0.717) is 10.9 Å². The van der Waals surface area contributed by atoms with Gasteiger partial charge in [-0.05, 0) is 61.1 Å². The van der Waals surface area contributed by atoms with Crippen LogP contribution in [-0.2, 0) is 10.9 Å². The molecular weight excluding hydrogens is 248 g/mol. The molecule has 19 heavy (non-hydrogen) atoms. The number of hydrogen-bond acceptors (Lipinski definition) is 0. The first-order chi connectivity index (χ1) is 9.25. The van der Waals surface area contributed by atoms with E-state index in [2.05, 4.69) is 56.3 Å². The normalized spacial score (nSPS) is 15.9. The lowest BCUT2D eigenvalue weighted by atomic mass is 9.96. The van der Waals surface area contributed by atoms with Gasteiger partial charge >= 0.3 is 0 Å². The maximum atomic E-state index is 2.43. The van der Waals surface area contributed by atoms with E-state index in [4.69, 9.17) is 0 Å². The highest BCUT2D eigenvalue weighted by Crippen LogP contribution is 2.32. The molecule has 0 N–H and O–H groups in total. The van der Waals surface area contributed by atoms with Crippen molar-refractivity contribution in [2.75, 3.05) is 11.5 Å². The third-order valence-electron chi connectivity index (χ3n) is 3.93. The molecule has 1 aliphatic rings. The maximum absolute atomic E-state index is 2.43. The summed E-state index contributed by atoms with van der Waals surface area (Å²) in [5.41, 5.74) is 5.63. The summed E-state index contributed by atoms with van der Waals surface area (Å²) in [6.45, 7) is 4.52. The molecule has 3 rings (SSSR count). The van der Waals surface area contributed by atoms with Gasteiger partial charge in [0.2, 0.25) is 0 Å². The van der Waals surface area contributed by atoms with Crippen molar-refractivity contribution in [1.82, 2.24) is 0 Å². The molecule has 1 aliphatic heterocycles. The molecule has 0 aromatic heterocycles.